The number of sulfone groups is 1. The number of amides is 1. The molecule has 2 saturated carbocycles. The van der Waals surface area contributed by atoms with Gasteiger partial charge in [-0.15, -0.1) is 0 Å². The van der Waals surface area contributed by atoms with Gasteiger partial charge in [-0.3, -0.25) is 4.79 Å². The number of nitrogens with one attached hydrogen (secondary N) is 1. The number of carbonyl (C=O) groups is 1. The third-order valence-electron chi connectivity index (χ3n) is 7.77. The molecule has 0 aromatic heterocycles. The van der Waals surface area contributed by atoms with E-state index in [0.29, 0.717) is 18.6 Å². The quantitative estimate of drug-likeness (QED) is 0.399. The molecule has 2 aromatic carbocycles. The van der Waals surface area contributed by atoms with Crippen LogP contribution >= 0.6 is 11.6 Å². The van der Waals surface area contributed by atoms with E-state index in [1.165, 1.54) is 19.1 Å². The molecular formula is C25H27ClF3NO6S. The number of halogens is 4. The highest BCUT2D eigenvalue weighted by molar-refractivity contribution is 7.92. The van der Waals surface area contributed by atoms with Gasteiger partial charge in [-0.25, -0.2) is 21.6 Å². The molecule has 4 rings (SSSR count). The third kappa shape index (κ3) is 4.76. The fourth-order valence-corrected chi connectivity index (χ4v) is 8.31. The molecule has 2 fully saturated rings. The van der Waals surface area contributed by atoms with Crippen molar-refractivity contribution in [1.29, 1.82) is 0 Å². The molecule has 0 aliphatic heterocycles. The molecule has 1 amide bonds. The Bertz CT molecular complexity index is 1320. The van der Waals surface area contributed by atoms with Gasteiger partial charge in [-0.05, 0) is 62.1 Å². The van der Waals surface area contributed by atoms with Gasteiger partial charge >= 0.3 is 0 Å². The normalized spacial score (nSPS) is 29.1. The first-order chi connectivity index (χ1) is 17.2. The zero-order valence-electron chi connectivity index (χ0n) is 20.0. The van der Waals surface area contributed by atoms with Gasteiger partial charge in [0.1, 0.15) is 6.10 Å². The van der Waals surface area contributed by atoms with Crippen molar-refractivity contribution >= 4 is 33.0 Å². The van der Waals surface area contributed by atoms with Crippen molar-refractivity contribution in [3.8, 4) is 0 Å². The van der Waals surface area contributed by atoms with Crippen LogP contribution < -0.4 is 5.32 Å². The van der Waals surface area contributed by atoms with E-state index in [0.717, 1.165) is 6.07 Å². The van der Waals surface area contributed by atoms with Crippen molar-refractivity contribution in [2.75, 3.05) is 5.32 Å². The monoisotopic (exact) mass is 561 g/mol. The predicted octanol–water partition coefficient (Wildman–Crippen LogP) is 3.69. The van der Waals surface area contributed by atoms with Gasteiger partial charge in [0.05, 0.1) is 26.9 Å². The van der Waals surface area contributed by atoms with Crippen LogP contribution in [0.15, 0.2) is 35.2 Å². The molecule has 0 saturated heterocycles. The minimum atomic E-state index is -4.12. The Morgan fingerprint density at radius 1 is 1.11 bits per heavy atom. The SMILES string of the molecule is C[C@H]1CC2C[C@@H](S(=O)(=O)c3cc(C(=O)Nc4cc(F)c(F)c(F)c4)ccc3Cl)CC1[C@@]2(O)[C@@H](O)[C@@H](C)O. The highest BCUT2D eigenvalue weighted by atomic mass is 35.5. The van der Waals surface area contributed by atoms with E-state index < -0.39 is 68.1 Å². The van der Waals surface area contributed by atoms with Crippen molar-refractivity contribution in [2.45, 2.75) is 61.1 Å². The van der Waals surface area contributed by atoms with Gasteiger partial charge in [0.25, 0.3) is 5.91 Å². The number of benzene rings is 2. The van der Waals surface area contributed by atoms with E-state index in [1.54, 1.807) is 0 Å². The summed E-state index contributed by atoms with van der Waals surface area (Å²) in [6.45, 7) is 3.22. The Morgan fingerprint density at radius 2 is 1.73 bits per heavy atom. The van der Waals surface area contributed by atoms with Gasteiger partial charge < -0.3 is 20.6 Å². The highest BCUT2D eigenvalue weighted by Gasteiger charge is 2.62. The molecule has 2 unspecified atom stereocenters. The molecular weight excluding hydrogens is 535 g/mol. The number of hydrogen-bond donors (Lipinski definition) is 4. The Balaban J connectivity index is 1.62. The number of aliphatic hydroxyl groups is 3. The number of fused-ring (bicyclic) bond motifs is 2. The maximum absolute atomic E-state index is 13.7. The zero-order chi connectivity index (χ0) is 27.4. The smallest absolute Gasteiger partial charge is 0.255 e. The molecule has 2 bridgehead atoms. The fourth-order valence-electron chi connectivity index (χ4n) is 5.94. The highest BCUT2D eigenvalue weighted by Crippen LogP contribution is 2.56. The first kappa shape index (κ1) is 27.8. The number of aliphatic hydroxyl groups excluding tert-OH is 2. The largest absolute Gasteiger partial charge is 0.391 e. The first-order valence-corrected chi connectivity index (χ1v) is 13.7. The average molecular weight is 562 g/mol. The molecule has 0 heterocycles. The van der Waals surface area contributed by atoms with Crippen molar-refractivity contribution in [2.24, 2.45) is 17.8 Å². The van der Waals surface area contributed by atoms with Crippen LogP contribution in [-0.2, 0) is 9.84 Å². The van der Waals surface area contributed by atoms with Gasteiger partial charge in [-0.1, -0.05) is 18.5 Å². The average Bonchev–Trinajstić information content (AvgIpc) is 2.95. The summed E-state index contributed by atoms with van der Waals surface area (Å²) in [7, 11) is -4.12. The number of anilines is 1. The van der Waals surface area contributed by atoms with E-state index in [2.05, 4.69) is 5.32 Å². The van der Waals surface area contributed by atoms with E-state index in [9.17, 15) is 41.7 Å². The summed E-state index contributed by atoms with van der Waals surface area (Å²) in [6, 6.07) is 4.68. The fraction of sp³-hybridized carbons (Fsp3) is 0.480. The standard InChI is InChI=1S/C25H27ClF3NO6S/c1-11-5-14-7-16(10-17(11)25(14,34)23(32)12(2)31)37(35,36)21-6-13(3-4-18(21)26)24(33)30-15-8-19(27)22(29)20(28)9-15/h3-4,6,8-9,11-12,14,16-17,23,31-32,34H,5,7,10H2,1-2H3,(H,30,33)/t11-,12+,14?,16+,17?,23-,25+/m0/s1. The molecule has 7 atom stereocenters. The lowest BCUT2D eigenvalue weighted by Crippen LogP contribution is -2.59. The second kappa shape index (κ2) is 9.85. The van der Waals surface area contributed by atoms with Crippen LogP contribution in [0.25, 0.3) is 0 Å². The van der Waals surface area contributed by atoms with Crippen LogP contribution in [0.2, 0.25) is 5.02 Å². The Morgan fingerprint density at radius 3 is 2.30 bits per heavy atom. The molecule has 0 spiro atoms. The molecule has 2 aliphatic rings. The van der Waals surface area contributed by atoms with Crippen LogP contribution in [0, 0.1) is 35.2 Å². The van der Waals surface area contributed by atoms with Crippen molar-refractivity contribution < 1.29 is 41.7 Å². The first-order valence-electron chi connectivity index (χ1n) is 11.8. The van der Waals surface area contributed by atoms with Gasteiger partial charge in [0.15, 0.2) is 27.3 Å². The summed E-state index contributed by atoms with van der Waals surface area (Å²) in [5, 5.41) is 32.9. The maximum atomic E-state index is 13.7. The lowest BCUT2D eigenvalue weighted by Gasteiger charge is -2.46. The summed E-state index contributed by atoms with van der Waals surface area (Å²) in [5.74, 6) is -6.88. The Labute approximate surface area is 217 Å². The predicted molar refractivity (Wildman–Crippen MR) is 129 cm³/mol. The van der Waals surface area contributed by atoms with Crippen LogP contribution in [0.1, 0.15) is 43.5 Å². The molecule has 2 aliphatic carbocycles. The van der Waals surface area contributed by atoms with E-state index in [1.807, 2.05) is 6.92 Å². The summed E-state index contributed by atoms with van der Waals surface area (Å²) in [6.07, 6.45) is -2.14. The molecule has 37 heavy (non-hydrogen) atoms. The maximum Gasteiger partial charge on any atom is 0.255 e. The third-order valence-corrected chi connectivity index (χ3v) is 10.4. The lowest BCUT2D eigenvalue weighted by molar-refractivity contribution is -0.175. The van der Waals surface area contributed by atoms with E-state index >= 15 is 0 Å². The molecule has 7 nitrogen and oxygen atoms in total. The van der Waals surface area contributed by atoms with Crippen LogP contribution in [0.4, 0.5) is 18.9 Å². The Kier molecular flexibility index (Phi) is 7.41. The zero-order valence-corrected chi connectivity index (χ0v) is 21.5. The van der Waals surface area contributed by atoms with Gasteiger partial charge in [0, 0.05) is 23.4 Å². The van der Waals surface area contributed by atoms with Crippen molar-refractivity contribution in [1.82, 2.24) is 0 Å². The van der Waals surface area contributed by atoms with Gasteiger partial charge in [0.2, 0.25) is 0 Å². The molecule has 2 aromatic rings. The van der Waals surface area contributed by atoms with E-state index in [4.69, 9.17) is 11.6 Å². The number of hydrogen-bond acceptors (Lipinski definition) is 6. The summed E-state index contributed by atoms with van der Waals surface area (Å²) < 4.78 is 67.5. The lowest BCUT2D eigenvalue weighted by atomic mass is 9.69. The summed E-state index contributed by atoms with van der Waals surface area (Å²) >= 11 is 6.21. The van der Waals surface area contributed by atoms with Crippen LogP contribution in [0.3, 0.4) is 0 Å². The second-order valence-corrected chi connectivity index (χ2v) is 12.7. The number of carbonyl (C=O) groups excluding carboxylic acids is 1. The molecule has 0 radical (unpaired) electrons. The van der Waals surface area contributed by atoms with Crippen molar-refractivity contribution in [3.05, 3.63) is 58.4 Å². The van der Waals surface area contributed by atoms with E-state index in [-0.39, 0.29) is 39.9 Å². The molecule has 4 N–H and O–H groups in total. The topological polar surface area (TPSA) is 124 Å². The van der Waals surface area contributed by atoms with Crippen LogP contribution in [0.5, 0.6) is 0 Å². The number of rotatable bonds is 6. The van der Waals surface area contributed by atoms with Gasteiger partial charge in [-0.2, -0.15) is 0 Å². The summed E-state index contributed by atoms with van der Waals surface area (Å²) in [4.78, 5) is 12.4. The second-order valence-electron chi connectivity index (χ2n) is 10.1. The minimum absolute atomic E-state index is 0.0150. The minimum Gasteiger partial charge on any atom is -0.391 e. The molecule has 12 heteroatoms. The Hall–Kier alpha value is -2.18. The van der Waals surface area contributed by atoms with Crippen molar-refractivity contribution in [3.63, 3.8) is 0 Å². The molecule has 202 valence electrons. The van der Waals surface area contributed by atoms with Crippen LogP contribution in [-0.4, -0.2) is 52.7 Å². The summed E-state index contributed by atoms with van der Waals surface area (Å²) in [5.41, 5.74) is -2.17.